The summed E-state index contributed by atoms with van der Waals surface area (Å²) in [6.07, 6.45) is 8.14. The minimum absolute atomic E-state index is 0. The quantitative estimate of drug-likeness (QED) is 0.250. The Bertz CT molecular complexity index is 559. The first kappa shape index (κ1) is 21.2. The fourth-order valence-electron chi connectivity index (χ4n) is 3.01. The molecular formula is C19H32IN5O. The van der Waals surface area contributed by atoms with Gasteiger partial charge < -0.3 is 20.3 Å². The Kier molecular flexibility index (Phi) is 9.45. The first-order valence-electron chi connectivity index (χ1n) is 9.57. The van der Waals surface area contributed by atoms with Crippen molar-refractivity contribution in [2.75, 3.05) is 44.8 Å². The van der Waals surface area contributed by atoms with Crippen molar-refractivity contribution in [3.63, 3.8) is 0 Å². The fourth-order valence-corrected chi connectivity index (χ4v) is 3.01. The number of nitrogens with one attached hydrogen (secondary N) is 2. The Morgan fingerprint density at radius 1 is 1.31 bits per heavy atom. The minimum atomic E-state index is 0. The summed E-state index contributed by atoms with van der Waals surface area (Å²) in [5.41, 5.74) is 1.23. The number of nitrogens with zero attached hydrogens (tertiary/aromatic N) is 3. The molecule has 0 unspecified atom stereocenters. The van der Waals surface area contributed by atoms with E-state index in [1.165, 1.54) is 31.2 Å². The lowest BCUT2D eigenvalue weighted by Crippen LogP contribution is -2.37. The van der Waals surface area contributed by atoms with Crippen molar-refractivity contribution in [2.24, 2.45) is 10.9 Å². The van der Waals surface area contributed by atoms with Crippen LogP contribution in [0.5, 0.6) is 0 Å². The summed E-state index contributed by atoms with van der Waals surface area (Å²) >= 11 is 0. The minimum Gasteiger partial charge on any atom is -0.381 e. The van der Waals surface area contributed by atoms with Crippen molar-refractivity contribution in [3.05, 3.63) is 23.9 Å². The van der Waals surface area contributed by atoms with Crippen LogP contribution in [0.2, 0.25) is 0 Å². The number of ether oxygens (including phenoxy) is 1. The number of rotatable bonds is 9. The maximum absolute atomic E-state index is 5.65. The maximum Gasteiger partial charge on any atom is 0.191 e. The van der Waals surface area contributed by atoms with E-state index in [9.17, 15) is 0 Å². The average Bonchev–Trinajstić information content (AvgIpc) is 3.30. The monoisotopic (exact) mass is 473 g/mol. The third-order valence-corrected chi connectivity index (χ3v) is 4.73. The number of guanidine groups is 1. The molecule has 7 heteroatoms. The van der Waals surface area contributed by atoms with Gasteiger partial charge in [0.25, 0.3) is 0 Å². The lowest BCUT2D eigenvalue weighted by atomic mass is 10.2. The van der Waals surface area contributed by atoms with Gasteiger partial charge in [-0.15, -0.1) is 24.0 Å². The molecule has 0 spiro atoms. The molecule has 6 nitrogen and oxygen atoms in total. The summed E-state index contributed by atoms with van der Waals surface area (Å²) in [5.74, 6) is 2.77. The third-order valence-electron chi connectivity index (χ3n) is 4.73. The molecule has 146 valence electrons. The van der Waals surface area contributed by atoms with Gasteiger partial charge >= 0.3 is 0 Å². The van der Waals surface area contributed by atoms with Gasteiger partial charge in [-0.3, -0.25) is 4.99 Å². The lowest BCUT2D eigenvalue weighted by molar-refractivity contribution is 0.123. The lowest BCUT2D eigenvalue weighted by Gasteiger charge is -2.17. The van der Waals surface area contributed by atoms with Gasteiger partial charge in [-0.1, -0.05) is 0 Å². The normalized spacial score (nSPS) is 17.1. The van der Waals surface area contributed by atoms with E-state index in [4.69, 9.17) is 4.74 Å². The summed E-state index contributed by atoms with van der Waals surface area (Å²) in [4.78, 5) is 11.1. The Hall–Kier alpha value is -1.09. The number of pyridine rings is 1. The van der Waals surface area contributed by atoms with Crippen LogP contribution in [0.3, 0.4) is 0 Å². The van der Waals surface area contributed by atoms with E-state index in [-0.39, 0.29) is 24.0 Å². The Labute approximate surface area is 174 Å². The van der Waals surface area contributed by atoms with Crippen molar-refractivity contribution in [3.8, 4) is 0 Å². The predicted octanol–water partition coefficient (Wildman–Crippen LogP) is 2.78. The number of hydrogen-bond acceptors (Lipinski definition) is 4. The standard InChI is InChI=1S/C19H31N5O.HI/c1-20-19(22-8-4-12-25-15-16-5-6-16)23-14-17-7-9-21-18(13-17)24-10-2-3-11-24;/h7,9,13,16H,2-6,8,10-12,14-15H2,1H3,(H2,20,22,23);1H. The summed E-state index contributed by atoms with van der Waals surface area (Å²) in [6.45, 7) is 5.63. The summed E-state index contributed by atoms with van der Waals surface area (Å²) in [5, 5.41) is 6.72. The number of hydrogen-bond donors (Lipinski definition) is 2. The highest BCUT2D eigenvalue weighted by Gasteiger charge is 2.20. The fraction of sp³-hybridized carbons (Fsp3) is 0.684. The molecule has 1 saturated heterocycles. The van der Waals surface area contributed by atoms with Gasteiger partial charge in [-0.05, 0) is 55.7 Å². The van der Waals surface area contributed by atoms with Gasteiger partial charge in [-0.2, -0.15) is 0 Å². The van der Waals surface area contributed by atoms with Crippen LogP contribution in [0.25, 0.3) is 0 Å². The second kappa shape index (κ2) is 11.6. The third kappa shape index (κ3) is 7.26. The second-order valence-electron chi connectivity index (χ2n) is 6.94. The van der Waals surface area contributed by atoms with Crippen molar-refractivity contribution in [1.82, 2.24) is 15.6 Å². The molecule has 0 atom stereocenters. The molecule has 0 bridgehead atoms. The van der Waals surface area contributed by atoms with E-state index in [1.807, 2.05) is 6.20 Å². The molecular weight excluding hydrogens is 441 g/mol. The van der Waals surface area contributed by atoms with Gasteiger partial charge in [0.05, 0.1) is 0 Å². The number of anilines is 1. The molecule has 1 aromatic rings. The van der Waals surface area contributed by atoms with E-state index in [0.29, 0.717) is 0 Å². The van der Waals surface area contributed by atoms with Crippen LogP contribution in [-0.4, -0.2) is 50.8 Å². The zero-order chi connectivity index (χ0) is 17.3. The molecule has 0 amide bonds. The Morgan fingerprint density at radius 2 is 2.12 bits per heavy atom. The van der Waals surface area contributed by atoms with Crippen LogP contribution in [0.4, 0.5) is 5.82 Å². The topological polar surface area (TPSA) is 61.8 Å². The van der Waals surface area contributed by atoms with E-state index in [1.54, 1.807) is 7.05 Å². The smallest absolute Gasteiger partial charge is 0.191 e. The zero-order valence-electron chi connectivity index (χ0n) is 15.7. The molecule has 3 rings (SSSR count). The van der Waals surface area contributed by atoms with Crippen molar-refractivity contribution in [1.29, 1.82) is 0 Å². The van der Waals surface area contributed by atoms with Gasteiger partial charge in [0, 0.05) is 52.6 Å². The van der Waals surface area contributed by atoms with Crippen molar-refractivity contribution < 1.29 is 4.74 Å². The van der Waals surface area contributed by atoms with Gasteiger partial charge in [-0.25, -0.2) is 4.98 Å². The van der Waals surface area contributed by atoms with E-state index < -0.39 is 0 Å². The van der Waals surface area contributed by atoms with Crippen molar-refractivity contribution in [2.45, 2.75) is 38.6 Å². The van der Waals surface area contributed by atoms with E-state index >= 15 is 0 Å². The first-order chi connectivity index (χ1) is 12.3. The largest absolute Gasteiger partial charge is 0.381 e. The summed E-state index contributed by atoms with van der Waals surface area (Å²) in [6, 6.07) is 4.24. The van der Waals surface area contributed by atoms with Crippen LogP contribution in [0, 0.1) is 5.92 Å². The molecule has 1 aliphatic carbocycles. The highest BCUT2D eigenvalue weighted by Crippen LogP contribution is 2.28. The van der Waals surface area contributed by atoms with Crippen LogP contribution in [-0.2, 0) is 11.3 Å². The number of aromatic nitrogens is 1. The van der Waals surface area contributed by atoms with Gasteiger partial charge in [0.15, 0.2) is 5.96 Å². The molecule has 2 heterocycles. The molecule has 2 fully saturated rings. The predicted molar refractivity (Wildman–Crippen MR) is 117 cm³/mol. The van der Waals surface area contributed by atoms with Gasteiger partial charge in [0.2, 0.25) is 0 Å². The molecule has 1 aromatic heterocycles. The molecule has 26 heavy (non-hydrogen) atoms. The average molecular weight is 473 g/mol. The molecule has 1 saturated carbocycles. The van der Waals surface area contributed by atoms with E-state index in [2.05, 4.69) is 37.6 Å². The SMILES string of the molecule is CN=C(NCCCOCC1CC1)NCc1ccnc(N2CCCC2)c1.I. The summed E-state index contributed by atoms with van der Waals surface area (Å²) < 4.78 is 5.65. The first-order valence-corrected chi connectivity index (χ1v) is 9.57. The maximum atomic E-state index is 5.65. The van der Waals surface area contributed by atoms with Crippen LogP contribution in [0.1, 0.15) is 37.7 Å². The molecule has 1 aliphatic heterocycles. The Morgan fingerprint density at radius 3 is 2.85 bits per heavy atom. The molecule has 0 radical (unpaired) electrons. The Balaban J connectivity index is 0.00000243. The molecule has 2 aliphatic rings. The second-order valence-corrected chi connectivity index (χ2v) is 6.94. The van der Waals surface area contributed by atoms with Crippen LogP contribution < -0.4 is 15.5 Å². The summed E-state index contributed by atoms with van der Waals surface area (Å²) in [7, 11) is 1.81. The van der Waals surface area contributed by atoms with E-state index in [0.717, 1.165) is 63.5 Å². The van der Waals surface area contributed by atoms with Gasteiger partial charge in [0.1, 0.15) is 5.82 Å². The van der Waals surface area contributed by atoms with Crippen molar-refractivity contribution >= 4 is 35.8 Å². The molecule has 2 N–H and O–H groups in total. The number of aliphatic imine (C=N–C) groups is 1. The highest BCUT2D eigenvalue weighted by molar-refractivity contribution is 14.0. The number of halogens is 1. The zero-order valence-corrected chi connectivity index (χ0v) is 18.1. The van der Waals surface area contributed by atoms with Crippen LogP contribution >= 0.6 is 24.0 Å². The molecule has 0 aromatic carbocycles. The highest BCUT2D eigenvalue weighted by atomic mass is 127. The van der Waals surface area contributed by atoms with Crippen LogP contribution in [0.15, 0.2) is 23.3 Å².